The molecule has 0 spiro atoms. The van der Waals surface area contributed by atoms with Gasteiger partial charge in [-0.05, 0) is 36.6 Å². The van der Waals surface area contributed by atoms with E-state index in [0.29, 0.717) is 25.2 Å². The van der Waals surface area contributed by atoms with Gasteiger partial charge in [0, 0.05) is 29.7 Å². The number of amides is 3. The lowest BCUT2D eigenvalue weighted by atomic mass is 10.1. The van der Waals surface area contributed by atoms with E-state index < -0.39 is 0 Å². The molecule has 0 aromatic heterocycles. The summed E-state index contributed by atoms with van der Waals surface area (Å²) in [6.45, 7) is 1.37. The first kappa shape index (κ1) is 19.0. The summed E-state index contributed by atoms with van der Waals surface area (Å²) in [5, 5.41) is 8.30. The zero-order valence-corrected chi connectivity index (χ0v) is 15.5. The van der Waals surface area contributed by atoms with E-state index in [2.05, 4.69) is 44.0 Å². The molecule has 5 nitrogen and oxygen atoms in total. The average Bonchev–Trinajstić information content (AvgIpc) is 2.63. The summed E-state index contributed by atoms with van der Waals surface area (Å²) in [7, 11) is 0. The van der Waals surface area contributed by atoms with Gasteiger partial charge in [-0.25, -0.2) is 4.79 Å². The molecule has 3 amide bonds. The van der Waals surface area contributed by atoms with Gasteiger partial charge in [-0.15, -0.1) is 0 Å². The number of aryl methyl sites for hydroxylation is 1. The summed E-state index contributed by atoms with van der Waals surface area (Å²) in [6, 6.07) is 17.1. The third-order valence-electron chi connectivity index (χ3n) is 3.55. The third kappa shape index (κ3) is 7.39. The Morgan fingerprint density at radius 3 is 2.32 bits per heavy atom. The Morgan fingerprint density at radius 1 is 0.840 bits per heavy atom. The molecule has 0 aliphatic carbocycles. The first-order chi connectivity index (χ1) is 12.1. The monoisotopic (exact) mass is 403 g/mol. The van der Waals surface area contributed by atoms with E-state index in [4.69, 9.17) is 0 Å². The molecule has 6 heteroatoms. The van der Waals surface area contributed by atoms with Crippen LogP contribution in [0.2, 0.25) is 0 Å². The molecular weight excluding hydrogens is 382 g/mol. The van der Waals surface area contributed by atoms with Crippen LogP contribution in [-0.2, 0) is 6.42 Å². The fourth-order valence-corrected chi connectivity index (χ4v) is 2.68. The van der Waals surface area contributed by atoms with Crippen molar-refractivity contribution in [2.24, 2.45) is 0 Å². The Hall–Kier alpha value is -2.34. The highest BCUT2D eigenvalue weighted by Gasteiger charge is 2.05. The van der Waals surface area contributed by atoms with E-state index in [-0.39, 0.29) is 11.9 Å². The van der Waals surface area contributed by atoms with Gasteiger partial charge < -0.3 is 16.0 Å². The Labute approximate surface area is 156 Å². The van der Waals surface area contributed by atoms with Crippen LogP contribution >= 0.6 is 15.9 Å². The fraction of sp³-hybridized carbons (Fsp3) is 0.263. The smallest absolute Gasteiger partial charge is 0.314 e. The van der Waals surface area contributed by atoms with E-state index in [9.17, 15) is 9.59 Å². The van der Waals surface area contributed by atoms with E-state index in [1.54, 1.807) is 18.2 Å². The van der Waals surface area contributed by atoms with E-state index in [1.165, 1.54) is 5.56 Å². The summed E-state index contributed by atoms with van der Waals surface area (Å²) in [4.78, 5) is 23.6. The van der Waals surface area contributed by atoms with Gasteiger partial charge in [0.2, 0.25) is 0 Å². The second-order valence-corrected chi connectivity index (χ2v) is 6.45. The van der Waals surface area contributed by atoms with Crippen molar-refractivity contribution in [3.63, 3.8) is 0 Å². The number of urea groups is 1. The lowest BCUT2D eigenvalue weighted by Crippen LogP contribution is -2.40. The molecular formula is C19H22BrN3O2. The average molecular weight is 404 g/mol. The summed E-state index contributed by atoms with van der Waals surface area (Å²) in [5.41, 5.74) is 1.85. The number of rotatable bonds is 8. The Bertz CT molecular complexity index is 692. The first-order valence-electron chi connectivity index (χ1n) is 8.24. The molecule has 0 unspecified atom stereocenters. The van der Waals surface area contributed by atoms with Crippen molar-refractivity contribution in [2.45, 2.75) is 12.8 Å². The number of nitrogens with one attached hydrogen (secondary N) is 3. The number of benzene rings is 2. The van der Waals surface area contributed by atoms with Gasteiger partial charge in [0.1, 0.15) is 0 Å². The molecule has 2 aromatic carbocycles. The molecule has 0 radical (unpaired) electrons. The van der Waals surface area contributed by atoms with Crippen molar-refractivity contribution in [2.75, 3.05) is 19.6 Å². The second-order valence-electron chi connectivity index (χ2n) is 5.54. The Morgan fingerprint density at radius 2 is 1.56 bits per heavy atom. The normalized spacial score (nSPS) is 10.1. The second kappa shape index (κ2) is 10.5. The number of carbonyl (C=O) groups excluding carboxylic acids is 2. The molecule has 0 aliphatic rings. The van der Waals surface area contributed by atoms with Gasteiger partial charge >= 0.3 is 6.03 Å². The minimum Gasteiger partial charge on any atom is -0.350 e. The van der Waals surface area contributed by atoms with Crippen LogP contribution in [0.25, 0.3) is 0 Å². The van der Waals surface area contributed by atoms with Crippen molar-refractivity contribution < 1.29 is 9.59 Å². The van der Waals surface area contributed by atoms with Crippen LogP contribution in [0.5, 0.6) is 0 Å². The van der Waals surface area contributed by atoms with Gasteiger partial charge in [-0.2, -0.15) is 0 Å². The zero-order valence-electron chi connectivity index (χ0n) is 13.9. The molecule has 0 saturated carbocycles. The zero-order chi connectivity index (χ0) is 17.9. The summed E-state index contributed by atoms with van der Waals surface area (Å²) >= 11 is 3.33. The van der Waals surface area contributed by atoms with Crippen molar-refractivity contribution >= 4 is 27.9 Å². The highest BCUT2D eigenvalue weighted by atomic mass is 79.9. The van der Waals surface area contributed by atoms with Gasteiger partial charge in [0.25, 0.3) is 5.91 Å². The summed E-state index contributed by atoms with van der Waals surface area (Å²) in [5.74, 6) is -0.161. The van der Waals surface area contributed by atoms with E-state index in [0.717, 1.165) is 17.3 Å². The maximum Gasteiger partial charge on any atom is 0.314 e. The molecule has 0 aliphatic heterocycles. The van der Waals surface area contributed by atoms with Gasteiger partial charge in [-0.3, -0.25) is 4.79 Å². The first-order valence-corrected chi connectivity index (χ1v) is 9.04. The maximum absolute atomic E-state index is 11.9. The van der Waals surface area contributed by atoms with Gasteiger partial charge in [-0.1, -0.05) is 52.3 Å². The third-order valence-corrected chi connectivity index (χ3v) is 4.05. The molecule has 0 fully saturated rings. The number of halogens is 1. The van der Waals surface area contributed by atoms with Crippen LogP contribution < -0.4 is 16.0 Å². The van der Waals surface area contributed by atoms with Crippen LogP contribution in [0.4, 0.5) is 4.79 Å². The van der Waals surface area contributed by atoms with Crippen molar-refractivity contribution in [1.82, 2.24) is 16.0 Å². The molecule has 0 saturated heterocycles. The molecule has 0 heterocycles. The van der Waals surface area contributed by atoms with Crippen LogP contribution in [0, 0.1) is 0 Å². The molecule has 3 N–H and O–H groups in total. The van der Waals surface area contributed by atoms with Gasteiger partial charge in [0.15, 0.2) is 0 Å². The Kier molecular flexibility index (Phi) is 7.98. The fourth-order valence-electron chi connectivity index (χ4n) is 2.29. The largest absolute Gasteiger partial charge is 0.350 e. The molecule has 2 rings (SSSR count). The lowest BCUT2D eigenvalue weighted by Gasteiger charge is -2.09. The minimum absolute atomic E-state index is 0.161. The quantitative estimate of drug-likeness (QED) is 0.592. The van der Waals surface area contributed by atoms with Crippen molar-refractivity contribution in [3.05, 3.63) is 70.2 Å². The SMILES string of the molecule is O=C(NCCCc1ccccc1)NCCNC(=O)c1cccc(Br)c1. The highest BCUT2D eigenvalue weighted by molar-refractivity contribution is 9.10. The highest BCUT2D eigenvalue weighted by Crippen LogP contribution is 2.11. The number of hydrogen-bond acceptors (Lipinski definition) is 2. The maximum atomic E-state index is 11.9. The summed E-state index contributed by atoms with van der Waals surface area (Å²) in [6.07, 6.45) is 1.82. The van der Waals surface area contributed by atoms with Crippen molar-refractivity contribution in [3.8, 4) is 0 Å². The standard InChI is InChI=1S/C19H22BrN3O2/c20-17-10-4-9-16(14-17)18(24)21-12-13-23-19(25)22-11-5-8-15-6-2-1-3-7-15/h1-4,6-7,9-10,14H,5,8,11-13H2,(H,21,24)(H2,22,23,25). The van der Waals surface area contributed by atoms with E-state index in [1.807, 2.05) is 24.3 Å². The lowest BCUT2D eigenvalue weighted by molar-refractivity contribution is 0.0953. The molecule has 0 atom stereocenters. The molecule has 25 heavy (non-hydrogen) atoms. The number of carbonyl (C=O) groups is 2. The van der Waals surface area contributed by atoms with E-state index >= 15 is 0 Å². The Balaban J connectivity index is 1.54. The minimum atomic E-state index is -0.218. The van der Waals surface area contributed by atoms with Crippen LogP contribution in [0.1, 0.15) is 22.3 Å². The molecule has 2 aromatic rings. The topological polar surface area (TPSA) is 70.2 Å². The number of hydrogen-bond donors (Lipinski definition) is 3. The van der Waals surface area contributed by atoms with Crippen molar-refractivity contribution in [1.29, 1.82) is 0 Å². The summed E-state index contributed by atoms with van der Waals surface area (Å²) < 4.78 is 0.855. The van der Waals surface area contributed by atoms with Crippen LogP contribution in [-0.4, -0.2) is 31.6 Å². The predicted molar refractivity (Wildman–Crippen MR) is 103 cm³/mol. The van der Waals surface area contributed by atoms with Gasteiger partial charge in [0.05, 0.1) is 0 Å². The molecule has 132 valence electrons. The predicted octanol–water partition coefficient (Wildman–Crippen LogP) is 3.11. The molecule has 0 bridgehead atoms. The van der Waals surface area contributed by atoms with Crippen LogP contribution in [0.3, 0.4) is 0 Å². The van der Waals surface area contributed by atoms with Crippen LogP contribution in [0.15, 0.2) is 59.1 Å².